The number of hydrogen-bond acceptors (Lipinski definition) is 4. The van der Waals surface area contributed by atoms with Crippen molar-refractivity contribution in [1.82, 2.24) is 0 Å². The lowest BCUT2D eigenvalue weighted by Crippen LogP contribution is -2.12. The molecule has 0 saturated heterocycles. The van der Waals surface area contributed by atoms with Gasteiger partial charge in [0, 0.05) is 0 Å². The molecule has 0 fully saturated rings. The van der Waals surface area contributed by atoms with Crippen molar-refractivity contribution in [3.63, 3.8) is 0 Å². The Morgan fingerprint density at radius 3 is 2.14 bits per heavy atom. The lowest BCUT2D eigenvalue weighted by molar-refractivity contribution is -0.134. The Bertz CT molecular complexity index is 972. The summed E-state index contributed by atoms with van der Waals surface area (Å²) in [5.41, 5.74) is 2.29. The molecule has 0 N–H and O–H groups in total. The lowest BCUT2D eigenvalue weighted by Gasteiger charge is -2.07. The van der Waals surface area contributed by atoms with Gasteiger partial charge in [-0.25, -0.2) is 0 Å². The fraction of sp³-hybridized carbons (Fsp3) is 0.0833. The monoisotopic (exact) mass is 369 g/mol. The highest BCUT2D eigenvalue weighted by molar-refractivity contribution is 5.89. The third kappa shape index (κ3) is 5.58. The molecule has 28 heavy (non-hydrogen) atoms. The Labute approximate surface area is 164 Å². The van der Waals surface area contributed by atoms with Gasteiger partial charge in [-0.05, 0) is 41.5 Å². The van der Waals surface area contributed by atoms with E-state index in [-0.39, 0.29) is 19.0 Å². The van der Waals surface area contributed by atoms with Gasteiger partial charge in [-0.15, -0.1) is 0 Å². The van der Waals surface area contributed by atoms with E-state index in [9.17, 15) is 10.1 Å². The average Bonchev–Trinajstić information content (AvgIpc) is 2.74. The molecule has 3 rings (SSSR count). The van der Waals surface area contributed by atoms with E-state index in [0.717, 1.165) is 16.9 Å². The van der Waals surface area contributed by atoms with Crippen molar-refractivity contribution in [3.8, 4) is 17.6 Å². The van der Waals surface area contributed by atoms with Crippen LogP contribution >= 0.6 is 0 Å². The molecule has 0 heterocycles. The van der Waals surface area contributed by atoms with Crippen LogP contribution in [-0.4, -0.2) is 12.6 Å². The maximum Gasteiger partial charge on any atom is 0.314 e. The van der Waals surface area contributed by atoms with Crippen LogP contribution in [0.25, 0.3) is 11.6 Å². The first kappa shape index (κ1) is 18.9. The molecule has 0 aliphatic rings. The molecule has 3 aromatic rings. The first-order valence-electron chi connectivity index (χ1n) is 8.90. The molecule has 0 unspecified atom stereocenters. The van der Waals surface area contributed by atoms with Crippen LogP contribution in [0.3, 0.4) is 0 Å². The number of hydrogen-bond donors (Lipinski definition) is 0. The van der Waals surface area contributed by atoms with Gasteiger partial charge in [0.05, 0.1) is 24.7 Å². The van der Waals surface area contributed by atoms with Gasteiger partial charge in [-0.3, -0.25) is 4.79 Å². The summed E-state index contributed by atoms with van der Waals surface area (Å²) in [5, 5.41) is 9.38. The summed E-state index contributed by atoms with van der Waals surface area (Å²) in [6.45, 7) is 0.256. The van der Waals surface area contributed by atoms with Crippen LogP contribution in [0.2, 0.25) is 0 Å². The topological polar surface area (TPSA) is 59.3 Å². The maximum atomic E-state index is 11.9. The highest BCUT2D eigenvalue weighted by Gasteiger charge is 2.06. The van der Waals surface area contributed by atoms with Crippen LogP contribution in [0.5, 0.6) is 11.5 Å². The standard InChI is InChI=1S/C24H19NO3/c25-18-21(20-7-3-1-4-8-20)17-19-11-13-23(14-12-19)28-24(26)15-16-27-22-9-5-2-6-10-22/h1-14,17H,15-16H2/b21-17-. The van der Waals surface area contributed by atoms with Crippen LogP contribution in [0.15, 0.2) is 84.9 Å². The number of nitriles is 1. The van der Waals surface area contributed by atoms with Crippen molar-refractivity contribution in [1.29, 1.82) is 5.26 Å². The van der Waals surface area contributed by atoms with Crippen LogP contribution in [0, 0.1) is 11.3 Å². The molecule has 0 spiro atoms. The van der Waals surface area contributed by atoms with Gasteiger partial charge in [0.1, 0.15) is 11.5 Å². The molecule has 0 bridgehead atoms. The van der Waals surface area contributed by atoms with Crippen molar-refractivity contribution in [2.45, 2.75) is 6.42 Å². The molecule has 0 atom stereocenters. The summed E-state index contributed by atoms with van der Waals surface area (Å²) in [4.78, 5) is 11.9. The number of benzene rings is 3. The summed E-state index contributed by atoms with van der Waals surface area (Å²) in [6.07, 6.45) is 1.96. The van der Waals surface area contributed by atoms with E-state index in [2.05, 4.69) is 6.07 Å². The smallest absolute Gasteiger partial charge is 0.314 e. The van der Waals surface area contributed by atoms with Gasteiger partial charge in [-0.2, -0.15) is 5.26 Å². The van der Waals surface area contributed by atoms with E-state index >= 15 is 0 Å². The molecular weight excluding hydrogens is 350 g/mol. The fourth-order valence-corrected chi connectivity index (χ4v) is 2.55. The molecule has 0 aliphatic carbocycles. The molecule has 0 saturated carbocycles. The Morgan fingerprint density at radius 1 is 0.857 bits per heavy atom. The van der Waals surface area contributed by atoms with Crippen molar-refractivity contribution < 1.29 is 14.3 Å². The number of carbonyl (C=O) groups excluding carboxylic acids is 1. The predicted octanol–water partition coefficient (Wildman–Crippen LogP) is 5.13. The zero-order chi connectivity index (χ0) is 19.6. The van der Waals surface area contributed by atoms with Gasteiger partial charge in [0.2, 0.25) is 0 Å². The fourth-order valence-electron chi connectivity index (χ4n) is 2.55. The van der Waals surface area contributed by atoms with E-state index in [1.165, 1.54) is 0 Å². The second-order valence-electron chi connectivity index (χ2n) is 5.99. The Balaban J connectivity index is 1.54. The summed E-state index contributed by atoms with van der Waals surface area (Å²) in [7, 11) is 0. The zero-order valence-corrected chi connectivity index (χ0v) is 15.2. The lowest BCUT2D eigenvalue weighted by atomic mass is 10.0. The average molecular weight is 369 g/mol. The second-order valence-corrected chi connectivity index (χ2v) is 5.99. The molecule has 0 amide bonds. The highest BCUT2D eigenvalue weighted by atomic mass is 16.5. The number of carbonyl (C=O) groups is 1. The van der Waals surface area contributed by atoms with E-state index in [1.807, 2.05) is 72.8 Å². The van der Waals surface area contributed by atoms with Crippen molar-refractivity contribution in [2.75, 3.05) is 6.61 Å². The third-order valence-corrected chi connectivity index (χ3v) is 3.95. The summed E-state index contributed by atoms with van der Waals surface area (Å²) in [5.74, 6) is 0.819. The number of para-hydroxylation sites is 1. The summed E-state index contributed by atoms with van der Waals surface area (Å²) in [6, 6.07) is 28.1. The minimum Gasteiger partial charge on any atom is -0.493 e. The number of nitrogens with zero attached hydrogens (tertiary/aromatic N) is 1. The molecule has 4 heteroatoms. The minimum atomic E-state index is -0.360. The second kappa shape index (κ2) is 9.75. The summed E-state index contributed by atoms with van der Waals surface area (Å²) >= 11 is 0. The van der Waals surface area contributed by atoms with Gasteiger partial charge >= 0.3 is 5.97 Å². The van der Waals surface area contributed by atoms with Crippen molar-refractivity contribution >= 4 is 17.6 Å². The molecule has 0 aliphatic heterocycles. The van der Waals surface area contributed by atoms with Crippen LogP contribution < -0.4 is 9.47 Å². The molecule has 4 nitrogen and oxygen atoms in total. The van der Waals surface area contributed by atoms with E-state index in [4.69, 9.17) is 9.47 Å². The van der Waals surface area contributed by atoms with Gasteiger partial charge in [-0.1, -0.05) is 60.7 Å². The van der Waals surface area contributed by atoms with Crippen LogP contribution in [0.4, 0.5) is 0 Å². The molecule has 0 radical (unpaired) electrons. The minimum absolute atomic E-state index is 0.156. The van der Waals surface area contributed by atoms with E-state index in [0.29, 0.717) is 11.3 Å². The van der Waals surface area contributed by atoms with Gasteiger partial charge < -0.3 is 9.47 Å². The Morgan fingerprint density at radius 2 is 1.50 bits per heavy atom. The Kier molecular flexibility index (Phi) is 6.59. The molecule has 0 aromatic heterocycles. The summed E-state index contributed by atoms with van der Waals surface area (Å²) < 4.78 is 10.8. The molecular formula is C24H19NO3. The zero-order valence-electron chi connectivity index (χ0n) is 15.2. The van der Waals surface area contributed by atoms with Gasteiger partial charge in [0.15, 0.2) is 0 Å². The van der Waals surface area contributed by atoms with Crippen LogP contribution in [-0.2, 0) is 4.79 Å². The number of allylic oxidation sites excluding steroid dienone is 1. The number of esters is 1. The highest BCUT2D eigenvalue weighted by Crippen LogP contribution is 2.20. The van der Waals surface area contributed by atoms with E-state index in [1.54, 1.807) is 18.2 Å². The quantitative estimate of drug-likeness (QED) is 0.251. The number of ether oxygens (including phenoxy) is 2. The van der Waals surface area contributed by atoms with Crippen molar-refractivity contribution in [3.05, 3.63) is 96.1 Å². The third-order valence-electron chi connectivity index (χ3n) is 3.95. The van der Waals surface area contributed by atoms with Gasteiger partial charge in [0.25, 0.3) is 0 Å². The first-order valence-corrected chi connectivity index (χ1v) is 8.90. The number of rotatable bonds is 7. The van der Waals surface area contributed by atoms with Crippen molar-refractivity contribution in [2.24, 2.45) is 0 Å². The SMILES string of the molecule is N#C/C(=C/c1ccc(OC(=O)CCOc2ccccc2)cc1)c1ccccc1. The van der Waals surface area contributed by atoms with E-state index < -0.39 is 0 Å². The largest absolute Gasteiger partial charge is 0.493 e. The maximum absolute atomic E-state index is 11.9. The molecule has 138 valence electrons. The predicted molar refractivity (Wildman–Crippen MR) is 109 cm³/mol. The Hall–Kier alpha value is -3.84. The van der Waals surface area contributed by atoms with Crippen LogP contribution in [0.1, 0.15) is 17.5 Å². The normalized spacial score (nSPS) is 10.8. The first-order chi connectivity index (χ1) is 13.7. The molecule has 3 aromatic carbocycles.